The van der Waals surface area contributed by atoms with Crippen molar-refractivity contribution in [1.29, 1.82) is 0 Å². The molecule has 3 rings (SSSR count). The van der Waals surface area contributed by atoms with Gasteiger partial charge in [0.05, 0.1) is 0 Å². The van der Waals surface area contributed by atoms with Crippen molar-refractivity contribution < 1.29 is 4.79 Å². The summed E-state index contributed by atoms with van der Waals surface area (Å²) in [5.41, 5.74) is 8.65. The number of nitrogens with one attached hydrogen (secondary N) is 1. The van der Waals surface area contributed by atoms with E-state index in [4.69, 9.17) is 5.73 Å². The van der Waals surface area contributed by atoms with E-state index in [1.165, 1.54) is 12.8 Å². The minimum absolute atomic E-state index is 0.0785. The second kappa shape index (κ2) is 6.06. The summed E-state index contributed by atoms with van der Waals surface area (Å²) in [7, 11) is 0. The van der Waals surface area contributed by atoms with Crippen molar-refractivity contribution in [3.05, 3.63) is 59.9 Å². The molecule has 4 nitrogen and oxygen atoms in total. The van der Waals surface area contributed by atoms with Gasteiger partial charge in [-0.15, -0.1) is 0 Å². The SMILES string of the molecule is NC(CC1CC1)c1ccc(C(=O)Nc2ccncc2)cc1. The van der Waals surface area contributed by atoms with Gasteiger partial charge in [-0.3, -0.25) is 9.78 Å². The summed E-state index contributed by atoms with van der Waals surface area (Å²) in [4.78, 5) is 16.0. The number of nitrogens with two attached hydrogens (primary N) is 1. The largest absolute Gasteiger partial charge is 0.324 e. The fourth-order valence-electron chi connectivity index (χ4n) is 2.37. The molecule has 1 unspecified atom stereocenters. The molecule has 1 atom stereocenters. The van der Waals surface area contributed by atoms with Gasteiger partial charge in [-0.1, -0.05) is 25.0 Å². The van der Waals surface area contributed by atoms with Gasteiger partial charge in [-0.05, 0) is 42.2 Å². The highest BCUT2D eigenvalue weighted by atomic mass is 16.1. The van der Waals surface area contributed by atoms with Crippen LogP contribution in [0.3, 0.4) is 0 Å². The van der Waals surface area contributed by atoms with Crippen molar-refractivity contribution >= 4 is 11.6 Å². The Balaban J connectivity index is 1.64. The number of carbonyl (C=O) groups is 1. The lowest BCUT2D eigenvalue weighted by Gasteiger charge is -2.12. The van der Waals surface area contributed by atoms with Crippen LogP contribution in [-0.2, 0) is 0 Å². The topological polar surface area (TPSA) is 68.0 Å². The fraction of sp³-hybridized carbons (Fsp3) is 0.294. The van der Waals surface area contributed by atoms with Crippen molar-refractivity contribution in [2.24, 2.45) is 11.7 Å². The summed E-state index contributed by atoms with van der Waals surface area (Å²) < 4.78 is 0. The molecule has 1 aromatic heterocycles. The average molecular weight is 281 g/mol. The van der Waals surface area contributed by atoms with E-state index in [-0.39, 0.29) is 11.9 Å². The van der Waals surface area contributed by atoms with Crippen LogP contribution in [0.25, 0.3) is 0 Å². The molecule has 0 radical (unpaired) electrons. The third kappa shape index (κ3) is 3.67. The van der Waals surface area contributed by atoms with Gasteiger partial charge in [0.1, 0.15) is 0 Å². The minimum Gasteiger partial charge on any atom is -0.324 e. The molecule has 0 bridgehead atoms. The van der Waals surface area contributed by atoms with Gasteiger partial charge in [-0.2, -0.15) is 0 Å². The van der Waals surface area contributed by atoms with Crippen molar-refractivity contribution in [3.63, 3.8) is 0 Å². The molecule has 1 aliphatic carbocycles. The molecule has 1 saturated carbocycles. The Morgan fingerprint density at radius 2 is 1.86 bits per heavy atom. The molecule has 21 heavy (non-hydrogen) atoms. The Hall–Kier alpha value is -2.20. The maximum absolute atomic E-state index is 12.1. The number of hydrogen-bond acceptors (Lipinski definition) is 3. The zero-order valence-corrected chi connectivity index (χ0v) is 11.8. The predicted octanol–water partition coefficient (Wildman–Crippen LogP) is 3.13. The number of hydrogen-bond donors (Lipinski definition) is 2. The number of rotatable bonds is 5. The second-order valence-electron chi connectivity index (χ2n) is 5.60. The van der Waals surface area contributed by atoms with Crippen molar-refractivity contribution in [1.82, 2.24) is 4.98 Å². The smallest absolute Gasteiger partial charge is 0.255 e. The zero-order valence-electron chi connectivity index (χ0n) is 11.8. The third-order valence-corrected chi connectivity index (χ3v) is 3.82. The van der Waals surface area contributed by atoms with Gasteiger partial charge < -0.3 is 11.1 Å². The molecular weight excluding hydrogens is 262 g/mol. The molecule has 3 N–H and O–H groups in total. The van der Waals surface area contributed by atoms with E-state index in [1.807, 2.05) is 24.3 Å². The quantitative estimate of drug-likeness (QED) is 0.884. The zero-order chi connectivity index (χ0) is 14.7. The van der Waals surface area contributed by atoms with E-state index < -0.39 is 0 Å². The minimum atomic E-state index is -0.122. The summed E-state index contributed by atoms with van der Waals surface area (Å²) in [6, 6.07) is 11.2. The lowest BCUT2D eigenvalue weighted by molar-refractivity contribution is 0.102. The van der Waals surface area contributed by atoms with Gasteiger partial charge in [0.25, 0.3) is 5.91 Å². The number of benzene rings is 1. The number of aromatic nitrogens is 1. The summed E-state index contributed by atoms with van der Waals surface area (Å²) in [6.45, 7) is 0. The van der Waals surface area contributed by atoms with Crippen LogP contribution in [0.2, 0.25) is 0 Å². The maximum atomic E-state index is 12.1. The number of nitrogens with zero attached hydrogens (tertiary/aromatic N) is 1. The number of pyridine rings is 1. The monoisotopic (exact) mass is 281 g/mol. The summed E-state index contributed by atoms with van der Waals surface area (Å²) in [5, 5.41) is 2.84. The lowest BCUT2D eigenvalue weighted by Crippen LogP contribution is -2.14. The molecular formula is C17H19N3O. The highest BCUT2D eigenvalue weighted by Gasteiger charge is 2.24. The molecule has 0 aliphatic heterocycles. The van der Waals surface area contributed by atoms with Gasteiger partial charge >= 0.3 is 0 Å². The van der Waals surface area contributed by atoms with Crippen LogP contribution in [0.5, 0.6) is 0 Å². The molecule has 1 amide bonds. The summed E-state index contributed by atoms with van der Waals surface area (Å²) >= 11 is 0. The van der Waals surface area contributed by atoms with Gasteiger partial charge in [0, 0.05) is 29.7 Å². The molecule has 2 aromatic rings. The van der Waals surface area contributed by atoms with Crippen LogP contribution in [0.15, 0.2) is 48.8 Å². The lowest BCUT2D eigenvalue weighted by atomic mass is 10.0. The average Bonchev–Trinajstić information content (AvgIpc) is 3.32. The Bertz CT molecular complexity index is 606. The molecule has 108 valence electrons. The van der Waals surface area contributed by atoms with E-state index >= 15 is 0 Å². The van der Waals surface area contributed by atoms with Gasteiger partial charge in [0.2, 0.25) is 0 Å². The standard InChI is InChI=1S/C17H19N3O/c18-16(11-12-1-2-12)13-3-5-14(6-4-13)17(21)20-15-7-9-19-10-8-15/h3-10,12,16H,1-2,11,18H2,(H,19,20,21). The van der Waals surface area contributed by atoms with Crippen LogP contribution in [-0.4, -0.2) is 10.9 Å². The van der Waals surface area contributed by atoms with Gasteiger partial charge in [0.15, 0.2) is 0 Å². The van der Waals surface area contributed by atoms with E-state index in [9.17, 15) is 4.79 Å². The Morgan fingerprint density at radius 1 is 1.19 bits per heavy atom. The number of anilines is 1. The normalized spacial score (nSPS) is 15.5. The molecule has 1 fully saturated rings. The second-order valence-corrected chi connectivity index (χ2v) is 5.60. The molecule has 1 aliphatic rings. The maximum Gasteiger partial charge on any atom is 0.255 e. The van der Waals surface area contributed by atoms with E-state index in [2.05, 4.69) is 10.3 Å². The van der Waals surface area contributed by atoms with Crippen LogP contribution >= 0.6 is 0 Å². The molecule has 1 heterocycles. The Morgan fingerprint density at radius 3 is 2.48 bits per heavy atom. The number of amides is 1. The van der Waals surface area contributed by atoms with Crippen molar-refractivity contribution in [2.75, 3.05) is 5.32 Å². The van der Waals surface area contributed by atoms with E-state index in [0.717, 1.165) is 23.6 Å². The van der Waals surface area contributed by atoms with E-state index in [0.29, 0.717) is 5.56 Å². The third-order valence-electron chi connectivity index (χ3n) is 3.82. The highest BCUT2D eigenvalue weighted by Crippen LogP contribution is 2.36. The Labute approximate surface area is 124 Å². The summed E-state index contributed by atoms with van der Waals surface area (Å²) in [6.07, 6.45) is 6.95. The van der Waals surface area contributed by atoms with Crippen molar-refractivity contribution in [3.8, 4) is 0 Å². The predicted molar refractivity (Wildman–Crippen MR) is 82.9 cm³/mol. The van der Waals surface area contributed by atoms with Crippen LogP contribution in [0, 0.1) is 5.92 Å². The summed E-state index contributed by atoms with van der Waals surface area (Å²) in [5.74, 6) is 0.679. The first-order chi connectivity index (χ1) is 10.2. The first kappa shape index (κ1) is 13.8. The first-order valence-electron chi connectivity index (χ1n) is 7.29. The Kier molecular flexibility index (Phi) is 3.97. The van der Waals surface area contributed by atoms with Crippen LogP contribution < -0.4 is 11.1 Å². The molecule has 0 saturated heterocycles. The highest BCUT2D eigenvalue weighted by molar-refractivity contribution is 6.04. The van der Waals surface area contributed by atoms with E-state index in [1.54, 1.807) is 24.5 Å². The van der Waals surface area contributed by atoms with Gasteiger partial charge in [-0.25, -0.2) is 0 Å². The fourth-order valence-corrected chi connectivity index (χ4v) is 2.37. The first-order valence-corrected chi connectivity index (χ1v) is 7.29. The number of carbonyl (C=O) groups excluding carboxylic acids is 1. The van der Waals surface area contributed by atoms with Crippen LogP contribution in [0.1, 0.15) is 41.2 Å². The molecule has 1 aromatic carbocycles. The van der Waals surface area contributed by atoms with Crippen LogP contribution in [0.4, 0.5) is 5.69 Å². The molecule has 4 heteroatoms. The molecule has 0 spiro atoms. The van der Waals surface area contributed by atoms with Crippen molar-refractivity contribution in [2.45, 2.75) is 25.3 Å².